The van der Waals surface area contributed by atoms with E-state index in [1.807, 2.05) is 0 Å². The molecular formula is C76H42O2. The zero-order valence-electron chi connectivity index (χ0n) is 42.1. The van der Waals surface area contributed by atoms with Crippen LogP contribution in [0.4, 0.5) is 0 Å². The number of fused-ring (bicyclic) bond motifs is 30. The molecule has 0 saturated carbocycles. The molecule has 0 N–H and O–H groups in total. The first-order valence-electron chi connectivity index (χ1n) is 27.2. The lowest BCUT2D eigenvalue weighted by Crippen LogP contribution is -2.27. The molecule has 78 heavy (non-hydrogen) atoms. The van der Waals surface area contributed by atoms with Crippen molar-refractivity contribution < 1.29 is 8.83 Å². The van der Waals surface area contributed by atoms with Crippen LogP contribution in [0.15, 0.2) is 264 Å². The Bertz CT molecular complexity index is 4810. The number of hydrogen-bond acceptors (Lipinski definition) is 2. The van der Waals surface area contributed by atoms with Gasteiger partial charge in [-0.2, -0.15) is 0 Å². The molecule has 0 saturated heterocycles. The maximum Gasteiger partial charge on any atom is 0.143 e. The number of para-hydroxylation sites is 2. The number of benzene rings is 13. The third-order valence-electron chi connectivity index (χ3n) is 18.6. The Labute approximate surface area is 448 Å². The van der Waals surface area contributed by atoms with E-state index in [0.717, 1.165) is 66.1 Å². The minimum Gasteiger partial charge on any atom is -0.455 e. The first kappa shape index (κ1) is 41.3. The molecule has 4 aliphatic rings. The predicted octanol–water partition coefficient (Wildman–Crippen LogP) is 19.8. The maximum absolute atomic E-state index is 7.26. The molecule has 15 aromatic rings. The predicted molar refractivity (Wildman–Crippen MR) is 319 cm³/mol. The highest BCUT2D eigenvalue weighted by atomic mass is 16.3. The van der Waals surface area contributed by atoms with Crippen LogP contribution in [-0.4, -0.2) is 0 Å². The van der Waals surface area contributed by atoms with Crippen LogP contribution in [0.2, 0.25) is 0 Å². The molecule has 4 aliphatic carbocycles. The molecule has 19 rings (SSSR count). The van der Waals surface area contributed by atoms with E-state index < -0.39 is 10.8 Å². The topological polar surface area (TPSA) is 26.3 Å². The molecular weight excluding hydrogens is 945 g/mol. The Morgan fingerprint density at radius 2 is 0.564 bits per heavy atom. The Balaban J connectivity index is 1.03. The third-order valence-corrected chi connectivity index (χ3v) is 18.6. The molecule has 2 heteroatoms. The molecule has 0 radical (unpaired) electrons. The maximum atomic E-state index is 7.26. The minimum absolute atomic E-state index is 0.685. The smallest absolute Gasteiger partial charge is 0.143 e. The summed E-state index contributed by atoms with van der Waals surface area (Å²) >= 11 is 0. The van der Waals surface area contributed by atoms with Crippen LogP contribution in [0, 0.1) is 0 Å². The molecule has 0 aliphatic heterocycles. The highest BCUT2D eigenvalue weighted by molar-refractivity contribution is 6.23. The molecule has 0 amide bonds. The van der Waals surface area contributed by atoms with Gasteiger partial charge in [-0.3, -0.25) is 0 Å². The summed E-state index contributed by atoms with van der Waals surface area (Å²) in [4.78, 5) is 0. The van der Waals surface area contributed by atoms with Crippen molar-refractivity contribution in [3.63, 3.8) is 0 Å². The second kappa shape index (κ2) is 14.5. The van der Waals surface area contributed by atoms with Gasteiger partial charge in [0.2, 0.25) is 0 Å². The fourth-order valence-corrected chi connectivity index (χ4v) is 15.6. The molecule has 358 valence electrons. The van der Waals surface area contributed by atoms with Gasteiger partial charge in [-0.1, -0.05) is 206 Å². The summed E-state index contributed by atoms with van der Waals surface area (Å²) in [6.07, 6.45) is 0. The van der Waals surface area contributed by atoms with Gasteiger partial charge in [0.15, 0.2) is 0 Å². The van der Waals surface area contributed by atoms with Crippen molar-refractivity contribution in [2.24, 2.45) is 0 Å². The summed E-state index contributed by atoms with van der Waals surface area (Å²) < 4.78 is 14.5. The average Bonchev–Trinajstić information content (AvgIpc) is 2.51. The largest absolute Gasteiger partial charge is 0.455 e. The molecule has 13 aromatic carbocycles. The Morgan fingerprint density at radius 1 is 0.231 bits per heavy atom. The molecule has 0 atom stereocenters. The van der Waals surface area contributed by atoms with Crippen LogP contribution in [0.3, 0.4) is 0 Å². The first-order valence-corrected chi connectivity index (χ1v) is 27.2. The van der Waals surface area contributed by atoms with Gasteiger partial charge < -0.3 is 8.83 Å². The van der Waals surface area contributed by atoms with Gasteiger partial charge in [0.25, 0.3) is 0 Å². The van der Waals surface area contributed by atoms with Crippen LogP contribution >= 0.6 is 0 Å². The SMILES string of the molecule is c1ccc2c(c1)-c1ccccc1C21c2cc3c(cc2-c2c1cc(-c1ccc4ccccc4c1)c1oc4ccccc4c21)C1(c2ccccc2-c2ccccc21)c1cc(-c2ccc4ccccc4c2)c2oc4ccccc4c2c1-3. The summed E-state index contributed by atoms with van der Waals surface area (Å²) in [6, 6.07) is 95.8. The van der Waals surface area contributed by atoms with E-state index in [1.165, 1.54) is 111 Å². The van der Waals surface area contributed by atoms with Crippen molar-refractivity contribution in [3.8, 4) is 66.8 Å². The van der Waals surface area contributed by atoms with E-state index in [-0.39, 0.29) is 0 Å². The summed E-state index contributed by atoms with van der Waals surface area (Å²) in [5.41, 5.74) is 27.1. The van der Waals surface area contributed by atoms with Gasteiger partial charge in [-0.25, -0.2) is 0 Å². The van der Waals surface area contributed by atoms with Crippen LogP contribution in [0.1, 0.15) is 44.5 Å². The fraction of sp³-hybridized carbons (Fsp3) is 0.0263. The van der Waals surface area contributed by atoms with Crippen molar-refractivity contribution in [2.75, 3.05) is 0 Å². The van der Waals surface area contributed by atoms with Gasteiger partial charge in [-0.05, 0) is 170 Å². The fourth-order valence-electron chi connectivity index (χ4n) is 15.6. The second-order valence-electron chi connectivity index (χ2n) is 22.0. The zero-order chi connectivity index (χ0) is 50.6. The standard InChI is InChI=1S/C76H42O2/c1-3-19-45-37-47(35-33-43(45)17-1)55-39-65-69(71-53-25-9-15-31-67(53)77-73(55)71)57-41-64-58(42-63(57)75(65)59-27-11-5-21-49(59)50-22-6-12-28-60(50)75)70-66(76(64)61-29-13-7-23-51(61)52-24-8-14-30-62(52)76)40-56(48-36-34-44-18-2-4-20-46(44)38-48)74-72(70)54-26-10-16-32-68(54)78-74/h1-42H. The van der Waals surface area contributed by atoms with Crippen molar-refractivity contribution >= 4 is 65.4 Å². The monoisotopic (exact) mass is 986 g/mol. The van der Waals surface area contributed by atoms with E-state index in [9.17, 15) is 0 Å². The normalized spacial score (nSPS) is 14.4. The Kier molecular flexibility index (Phi) is 7.65. The molecule has 2 heterocycles. The van der Waals surface area contributed by atoms with Crippen molar-refractivity contribution in [2.45, 2.75) is 10.8 Å². The number of rotatable bonds is 2. The molecule has 2 aromatic heterocycles. The van der Waals surface area contributed by atoms with E-state index in [2.05, 4.69) is 255 Å². The highest BCUT2D eigenvalue weighted by Crippen LogP contribution is 2.70. The van der Waals surface area contributed by atoms with Gasteiger partial charge >= 0.3 is 0 Å². The lowest BCUT2D eigenvalue weighted by atomic mass is 9.68. The summed E-state index contributed by atoms with van der Waals surface area (Å²) in [7, 11) is 0. The number of hydrogen-bond donors (Lipinski definition) is 0. The molecule has 2 nitrogen and oxygen atoms in total. The molecule has 0 unspecified atom stereocenters. The van der Waals surface area contributed by atoms with E-state index in [4.69, 9.17) is 8.83 Å². The van der Waals surface area contributed by atoms with Gasteiger partial charge in [0.1, 0.15) is 22.3 Å². The minimum atomic E-state index is -0.685. The highest BCUT2D eigenvalue weighted by Gasteiger charge is 2.57. The van der Waals surface area contributed by atoms with E-state index >= 15 is 0 Å². The van der Waals surface area contributed by atoms with Gasteiger partial charge in [-0.15, -0.1) is 0 Å². The zero-order valence-corrected chi connectivity index (χ0v) is 42.1. The number of furan rings is 2. The third kappa shape index (κ3) is 4.84. The van der Waals surface area contributed by atoms with Crippen LogP contribution in [-0.2, 0) is 10.8 Å². The second-order valence-corrected chi connectivity index (χ2v) is 22.0. The molecule has 0 bridgehead atoms. The summed E-state index contributed by atoms with van der Waals surface area (Å²) in [5, 5.41) is 9.39. The van der Waals surface area contributed by atoms with Crippen molar-refractivity contribution in [1.82, 2.24) is 0 Å². The van der Waals surface area contributed by atoms with Crippen LogP contribution < -0.4 is 0 Å². The van der Waals surface area contributed by atoms with Crippen LogP contribution in [0.5, 0.6) is 0 Å². The van der Waals surface area contributed by atoms with Gasteiger partial charge in [0, 0.05) is 32.7 Å². The van der Waals surface area contributed by atoms with E-state index in [0.29, 0.717) is 0 Å². The summed E-state index contributed by atoms with van der Waals surface area (Å²) in [6.45, 7) is 0. The van der Waals surface area contributed by atoms with Crippen molar-refractivity contribution in [3.05, 3.63) is 299 Å². The average molecular weight is 987 g/mol. The van der Waals surface area contributed by atoms with Crippen molar-refractivity contribution in [1.29, 1.82) is 0 Å². The van der Waals surface area contributed by atoms with E-state index in [1.54, 1.807) is 0 Å². The molecule has 0 fully saturated rings. The van der Waals surface area contributed by atoms with Crippen LogP contribution in [0.25, 0.3) is 132 Å². The van der Waals surface area contributed by atoms with Gasteiger partial charge in [0.05, 0.1) is 10.8 Å². The Hall–Kier alpha value is -10.0. The lowest BCUT2D eigenvalue weighted by Gasteiger charge is -2.32. The quantitative estimate of drug-likeness (QED) is 0.173. The summed E-state index contributed by atoms with van der Waals surface area (Å²) in [5.74, 6) is 0. The Morgan fingerprint density at radius 3 is 0.974 bits per heavy atom. The first-order chi connectivity index (χ1) is 38.7. The molecule has 2 spiro atoms. The lowest BCUT2D eigenvalue weighted by molar-refractivity contribution is 0.669.